The van der Waals surface area contributed by atoms with Crippen molar-refractivity contribution in [2.75, 3.05) is 0 Å². The van der Waals surface area contributed by atoms with Gasteiger partial charge in [-0.25, -0.2) is 4.79 Å². The second kappa shape index (κ2) is 6.07. The molecule has 0 aliphatic heterocycles. The Hall–Kier alpha value is -1.85. The van der Waals surface area contributed by atoms with Crippen LogP contribution in [-0.4, -0.2) is 26.8 Å². The number of aromatic nitrogens is 2. The second-order valence-corrected chi connectivity index (χ2v) is 5.68. The molecule has 1 aliphatic rings. The van der Waals surface area contributed by atoms with Crippen molar-refractivity contribution in [3.8, 4) is 0 Å². The number of aliphatic carboxylic acids is 1. The highest BCUT2D eigenvalue weighted by atomic mass is 16.4. The summed E-state index contributed by atoms with van der Waals surface area (Å²) in [7, 11) is 1.72. The van der Waals surface area contributed by atoms with Crippen molar-refractivity contribution in [2.45, 2.75) is 38.6 Å². The first kappa shape index (κ1) is 14.6. The Bertz CT molecular complexity index is 490. The van der Waals surface area contributed by atoms with Crippen molar-refractivity contribution >= 4 is 11.9 Å². The molecule has 20 heavy (non-hydrogen) atoms. The lowest BCUT2D eigenvalue weighted by Gasteiger charge is -2.26. The molecule has 1 unspecified atom stereocenters. The average molecular weight is 279 g/mol. The first-order valence-electron chi connectivity index (χ1n) is 6.99. The van der Waals surface area contributed by atoms with E-state index >= 15 is 0 Å². The summed E-state index contributed by atoms with van der Waals surface area (Å²) >= 11 is 0. The predicted molar refractivity (Wildman–Crippen MR) is 72.8 cm³/mol. The molecule has 0 spiro atoms. The zero-order chi connectivity index (χ0) is 14.7. The molecular weight excluding hydrogens is 258 g/mol. The molecule has 1 amide bonds. The quantitative estimate of drug-likeness (QED) is 0.874. The molecule has 1 aromatic rings. The highest BCUT2D eigenvalue weighted by Crippen LogP contribution is 2.29. The number of carboxylic acids is 1. The van der Waals surface area contributed by atoms with E-state index in [1.54, 1.807) is 13.2 Å². The van der Waals surface area contributed by atoms with Gasteiger partial charge in [0.1, 0.15) is 0 Å². The van der Waals surface area contributed by atoms with E-state index in [2.05, 4.69) is 17.3 Å². The minimum absolute atomic E-state index is 0.0651. The third-order valence-electron chi connectivity index (χ3n) is 3.98. The van der Waals surface area contributed by atoms with Gasteiger partial charge in [-0.2, -0.15) is 5.10 Å². The van der Waals surface area contributed by atoms with Crippen molar-refractivity contribution in [2.24, 2.45) is 18.9 Å². The number of carbonyl (C=O) groups excluding carboxylic acids is 1. The summed E-state index contributed by atoms with van der Waals surface area (Å²) in [5, 5.41) is 15.9. The van der Waals surface area contributed by atoms with Gasteiger partial charge in [0.05, 0.1) is 6.20 Å². The van der Waals surface area contributed by atoms with Crippen LogP contribution in [-0.2, 0) is 16.6 Å². The van der Waals surface area contributed by atoms with Crippen LogP contribution in [0.5, 0.6) is 0 Å². The molecule has 1 fully saturated rings. The summed E-state index contributed by atoms with van der Waals surface area (Å²) in [5.41, 5.74) is 0.498. The Balaban J connectivity index is 2.01. The molecule has 0 bridgehead atoms. The monoisotopic (exact) mass is 279 g/mol. The molecule has 6 heteroatoms. The van der Waals surface area contributed by atoms with E-state index in [0.29, 0.717) is 11.5 Å². The van der Waals surface area contributed by atoms with Crippen LogP contribution >= 0.6 is 0 Å². The van der Waals surface area contributed by atoms with Gasteiger partial charge in [-0.15, -0.1) is 0 Å². The number of amides is 1. The van der Waals surface area contributed by atoms with Gasteiger partial charge in [0, 0.05) is 24.7 Å². The lowest BCUT2D eigenvalue weighted by molar-refractivity contribution is -0.143. The third kappa shape index (κ3) is 3.37. The molecule has 2 N–H and O–H groups in total. The molecule has 110 valence electrons. The van der Waals surface area contributed by atoms with E-state index in [1.807, 2.05) is 0 Å². The minimum atomic E-state index is -1.06. The first-order valence-corrected chi connectivity index (χ1v) is 6.99. The number of hydrogen-bond donors (Lipinski definition) is 2. The molecule has 1 heterocycles. The van der Waals surface area contributed by atoms with Gasteiger partial charge in [0.15, 0.2) is 6.04 Å². The molecule has 1 aromatic heterocycles. The Morgan fingerprint density at radius 3 is 2.55 bits per heavy atom. The molecule has 0 aromatic carbocycles. The van der Waals surface area contributed by atoms with Crippen LogP contribution in [0.1, 0.15) is 44.2 Å². The van der Waals surface area contributed by atoms with Gasteiger partial charge in [0.2, 0.25) is 5.91 Å². The number of carbonyl (C=O) groups is 2. The fourth-order valence-electron chi connectivity index (χ4n) is 2.66. The van der Waals surface area contributed by atoms with E-state index in [4.69, 9.17) is 0 Å². The van der Waals surface area contributed by atoms with Crippen LogP contribution in [0.25, 0.3) is 0 Å². The third-order valence-corrected chi connectivity index (χ3v) is 3.98. The van der Waals surface area contributed by atoms with Crippen LogP contribution in [0.4, 0.5) is 0 Å². The molecule has 1 aliphatic carbocycles. The summed E-state index contributed by atoms with van der Waals surface area (Å²) in [6.45, 7) is 2.18. The van der Waals surface area contributed by atoms with Crippen molar-refractivity contribution in [3.05, 3.63) is 18.0 Å². The number of hydrogen-bond acceptors (Lipinski definition) is 3. The Labute approximate surface area is 118 Å². The van der Waals surface area contributed by atoms with Crippen LogP contribution in [0.2, 0.25) is 0 Å². The summed E-state index contributed by atoms with van der Waals surface area (Å²) in [4.78, 5) is 23.5. The lowest BCUT2D eigenvalue weighted by atomic mass is 9.82. The highest BCUT2D eigenvalue weighted by molar-refractivity contribution is 5.85. The van der Waals surface area contributed by atoms with Crippen LogP contribution < -0.4 is 5.32 Å². The van der Waals surface area contributed by atoms with E-state index in [1.165, 1.54) is 10.9 Å². The molecule has 2 rings (SSSR count). The highest BCUT2D eigenvalue weighted by Gasteiger charge is 2.29. The van der Waals surface area contributed by atoms with E-state index in [-0.39, 0.29) is 11.8 Å². The minimum Gasteiger partial charge on any atom is -0.479 e. The lowest BCUT2D eigenvalue weighted by Crippen LogP contribution is -2.38. The maximum Gasteiger partial charge on any atom is 0.331 e. The van der Waals surface area contributed by atoms with E-state index < -0.39 is 12.0 Å². The summed E-state index contributed by atoms with van der Waals surface area (Å²) in [6, 6.07) is -1.02. The summed E-state index contributed by atoms with van der Waals surface area (Å²) in [6.07, 6.45) is 6.83. The van der Waals surface area contributed by atoms with Gasteiger partial charge >= 0.3 is 5.97 Å². The predicted octanol–water partition coefficient (Wildman–Crippen LogP) is 1.49. The average Bonchev–Trinajstić information content (AvgIpc) is 2.82. The van der Waals surface area contributed by atoms with Gasteiger partial charge in [0.25, 0.3) is 0 Å². The fourth-order valence-corrected chi connectivity index (χ4v) is 2.66. The zero-order valence-electron chi connectivity index (χ0n) is 11.9. The van der Waals surface area contributed by atoms with Crippen LogP contribution in [0.15, 0.2) is 12.4 Å². The van der Waals surface area contributed by atoms with Gasteiger partial charge in [-0.3, -0.25) is 9.48 Å². The fraction of sp³-hybridized carbons (Fsp3) is 0.643. The van der Waals surface area contributed by atoms with E-state index in [9.17, 15) is 14.7 Å². The van der Waals surface area contributed by atoms with Crippen molar-refractivity contribution < 1.29 is 14.7 Å². The normalized spacial score (nSPS) is 24.1. The number of nitrogens with zero attached hydrogens (tertiary/aromatic N) is 2. The molecule has 1 atom stereocenters. The number of rotatable bonds is 4. The number of aryl methyl sites for hydroxylation is 1. The van der Waals surface area contributed by atoms with Crippen molar-refractivity contribution in [3.63, 3.8) is 0 Å². The van der Waals surface area contributed by atoms with Gasteiger partial charge < -0.3 is 10.4 Å². The Kier molecular flexibility index (Phi) is 4.42. The molecule has 1 saturated carbocycles. The maximum absolute atomic E-state index is 12.2. The molecule has 0 saturated heterocycles. The number of nitrogens with one attached hydrogen (secondary N) is 1. The van der Waals surface area contributed by atoms with Crippen molar-refractivity contribution in [1.29, 1.82) is 0 Å². The standard InChI is InChI=1S/C14H21N3O3/c1-9-3-5-10(6-4-9)13(18)16-12(14(19)20)11-7-15-17(2)8-11/h7-10,12H,3-6H2,1-2H3,(H,16,18)(H,19,20). The number of carboxylic acid groups (broad SMARTS) is 1. The first-order chi connectivity index (χ1) is 9.47. The second-order valence-electron chi connectivity index (χ2n) is 5.68. The van der Waals surface area contributed by atoms with Gasteiger partial charge in [-0.1, -0.05) is 6.92 Å². The Morgan fingerprint density at radius 1 is 1.40 bits per heavy atom. The zero-order valence-corrected chi connectivity index (χ0v) is 11.9. The molecular formula is C14H21N3O3. The Morgan fingerprint density at radius 2 is 2.05 bits per heavy atom. The van der Waals surface area contributed by atoms with Crippen molar-refractivity contribution in [1.82, 2.24) is 15.1 Å². The van der Waals surface area contributed by atoms with Crippen LogP contribution in [0.3, 0.4) is 0 Å². The van der Waals surface area contributed by atoms with E-state index in [0.717, 1.165) is 25.7 Å². The molecule has 0 radical (unpaired) electrons. The largest absolute Gasteiger partial charge is 0.479 e. The summed E-state index contributed by atoms with van der Waals surface area (Å²) in [5.74, 6) is -0.624. The molecule has 6 nitrogen and oxygen atoms in total. The maximum atomic E-state index is 12.2. The van der Waals surface area contributed by atoms with Gasteiger partial charge in [-0.05, 0) is 31.6 Å². The topological polar surface area (TPSA) is 84.2 Å². The summed E-state index contributed by atoms with van der Waals surface area (Å²) < 4.78 is 1.53. The SMILES string of the molecule is CC1CCC(C(=O)NC(C(=O)O)c2cnn(C)c2)CC1. The van der Waals surface area contributed by atoms with Crippen LogP contribution in [0, 0.1) is 11.8 Å². The smallest absolute Gasteiger partial charge is 0.331 e.